The summed E-state index contributed by atoms with van der Waals surface area (Å²) >= 11 is 1.45. The zero-order chi connectivity index (χ0) is 22.5. The minimum atomic E-state index is -0.284. The fourth-order valence-electron chi connectivity index (χ4n) is 3.03. The van der Waals surface area contributed by atoms with Gasteiger partial charge in [-0.1, -0.05) is 12.1 Å². The van der Waals surface area contributed by atoms with Gasteiger partial charge in [0.1, 0.15) is 17.3 Å². The monoisotopic (exact) mass is 449 g/mol. The number of halogens is 1. The summed E-state index contributed by atoms with van der Waals surface area (Å²) in [4.78, 5) is 17.2. The van der Waals surface area contributed by atoms with Crippen molar-refractivity contribution in [1.29, 1.82) is 0 Å². The van der Waals surface area contributed by atoms with Gasteiger partial charge in [-0.25, -0.2) is 9.37 Å². The highest BCUT2D eigenvalue weighted by Crippen LogP contribution is 2.29. The van der Waals surface area contributed by atoms with Crippen molar-refractivity contribution >= 4 is 33.8 Å². The Morgan fingerprint density at radius 3 is 2.34 bits per heavy atom. The van der Waals surface area contributed by atoms with Gasteiger partial charge < -0.3 is 20.1 Å². The maximum atomic E-state index is 13.0. The van der Waals surface area contributed by atoms with E-state index in [0.717, 1.165) is 16.9 Å². The molecule has 0 spiro atoms. The summed E-state index contributed by atoms with van der Waals surface area (Å²) in [5.74, 6) is 0.478. The summed E-state index contributed by atoms with van der Waals surface area (Å²) < 4.78 is 23.5. The number of hydrogen-bond acceptors (Lipinski definition) is 6. The molecule has 0 saturated carbocycles. The molecule has 8 heteroatoms. The molecule has 32 heavy (non-hydrogen) atoms. The van der Waals surface area contributed by atoms with E-state index >= 15 is 0 Å². The molecule has 0 fully saturated rings. The number of nitrogens with one attached hydrogen (secondary N) is 2. The topological polar surface area (TPSA) is 72.5 Å². The van der Waals surface area contributed by atoms with Crippen LogP contribution in [0, 0.1) is 5.82 Å². The second-order valence-electron chi connectivity index (χ2n) is 6.77. The third-order valence-corrected chi connectivity index (χ3v) is 5.45. The summed E-state index contributed by atoms with van der Waals surface area (Å²) in [5.41, 5.74) is 3.53. The maximum absolute atomic E-state index is 13.0. The van der Waals surface area contributed by atoms with E-state index in [2.05, 4.69) is 15.6 Å². The van der Waals surface area contributed by atoms with Crippen LogP contribution in [0.15, 0.2) is 72.1 Å². The van der Waals surface area contributed by atoms with Gasteiger partial charge >= 0.3 is 0 Å². The zero-order valence-electron chi connectivity index (χ0n) is 17.4. The van der Waals surface area contributed by atoms with Crippen molar-refractivity contribution in [3.05, 3.63) is 83.5 Å². The number of amides is 1. The van der Waals surface area contributed by atoms with Gasteiger partial charge in [0, 0.05) is 28.4 Å². The summed E-state index contributed by atoms with van der Waals surface area (Å²) in [6.45, 7) is 0. The molecular formula is C24H20FN3O3S. The van der Waals surface area contributed by atoms with Gasteiger partial charge in [0.05, 0.1) is 25.5 Å². The van der Waals surface area contributed by atoms with Crippen LogP contribution >= 0.6 is 11.3 Å². The molecule has 2 N–H and O–H groups in total. The third-order valence-electron chi connectivity index (χ3n) is 4.69. The predicted octanol–water partition coefficient (Wildman–Crippen LogP) is 5.96. The molecule has 0 bridgehead atoms. The first kappa shape index (κ1) is 21.3. The standard InChI is InChI=1S/C24H20FN3O3S/c1-30-19-11-12-20(22(13-19)31-2)23(29)26-17-7-3-15(4-8-17)21-14-32-24(28-21)27-18-9-5-16(25)6-10-18/h3-14H,1-2H3,(H,26,29)(H,27,28). The number of aromatic nitrogens is 1. The number of thiazole rings is 1. The van der Waals surface area contributed by atoms with Crippen LogP contribution in [0.2, 0.25) is 0 Å². The van der Waals surface area contributed by atoms with Gasteiger partial charge in [0.25, 0.3) is 5.91 Å². The van der Waals surface area contributed by atoms with Crippen LogP contribution in [0.1, 0.15) is 10.4 Å². The number of carbonyl (C=O) groups is 1. The van der Waals surface area contributed by atoms with Gasteiger partial charge in [-0.15, -0.1) is 11.3 Å². The first-order valence-corrected chi connectivity index (χ1v) is 10.6. The Kier molecular flexibility index (Phi) is 6.32. The van der Waals surface area contributed by atoms with Gasteiger partial charge in [0.15, 0.2) is 5.13 Å². The van der Waals surface area contributed by atoms with Crippen LogP contribution in [-0.4, -0.2) is 25.1 Å². The molecule has 0 radical (unpaired) electrons. The van der Waals surface area contributed by atoms with Crippen molar-refractivity contribution in [2.45, 2.75) is 0 Å². The van der Waals surface area contributed by atoms with E-state index in [-0.39, 0.29) is 11.7 Å². The number of rotatable bonds is 7. The highest BCUT2D eigenvalue weighted by atomic mass is 32.1. The van der Waals surface area contributed by atoms with E-state index in [4.69, 9.17) is 9.47 Å². The highest BCUT2D eigenvalue weighted by Gasteiger charge is 2.14. The average molecular weight is 450 g/mol. The molecule has 1 aromatic heterocycles. The number of methoxy groups -OCH3 is 2. The van der Waals surface area contributed by atoms with Gasteiger partial charge in [-0.2, -0.15) is 0 Å². The van der Waals surface area contributed by atoms with Crippen molar-refractivity contribution in [3.63, 3.8) is 0 Å². The predicted molar refractivity (Wildman–Crippen MR) is 125 cm³/mol. The molecule has 1 amide bonds. The Bertz CT molecular complexity index is 1220. The largest absolute Gasteiger partial charge is 0.497 e. The number of anilines is 3. The van der Waals surface area contributed by atoms with Crippen molar-refractivity contribution in [2.75, 3.05) is 24.9 Å². The minimum absolute atomic E-state index is 0.281. The fourth-order valence-corrected chi connectivity index (χ4v) is 3.77. The number of nitrogens with zero attached hydrogens (tertiary/aromatic N) is 1. The normalized spacial score (nSPS) is 10.5. The van der Waals surface area contributed by atoms with E-state index in [1.807, 2.05) is 29.6 Å². The number of benzene rings is 3. The second-order valence-corrected chi connectivity index (χ2v) is 7.63. The number of carbonyl (C=O) groups excluding carboxylic acids is 1. The lowest BCUT2D eigenvalue weighted by Gasteiger charge is -2.11. The summed E-state index contributed by atoms with van der Waals surface area (Å²) in [6, 6.07) is 18.5. The molecule has 3 aromatic carbocycles. The van der Waals surface area contributed by atoms with E-state index in [9.17, 15) is 9.18 Å². The van der Waals surface area contributed by atoms with Gasteiger partial charge in [0.2, 0.25) is 0 Å². The summed E-state index contributed by atoms with van der Waals surface area (Å²) in [7, 11) is 3.06. The van der Waals surface area contributed by atoms with Crippen LogP contribution in [0.5, 0.6) is 11.5 Å². The Morgan fingerprint density at radius 2 is 1.66 bits per heavy atom. The van der Waals surface area contributed by atoms with Crippen molar-refractivity contribution in [1.82, 2.24) is 4.98 Å². The maximum Gasteiger partial charge on any atom is 0.259 e. The van der Waals surface area contributed by atoms with Crippen LogP contribution in [0.3, 0.4) is 0 Å². The highest BCUT2D eigenvalue weighted by molar-refractivity contribution is 7.14. The molecule has 0 saturated heterocycles. The molecule has 0 unspecified atom stereocenters. The smallest absolute Gasteiger partial charge is 0.259 e. The molecule has 6 nitrogen and oxygen atoms in total. The molecule has 0 aliphatic rings. The molecule has 4 rings (SSSR count). The SMILES string of the molecule is COc1ccc(C(=O)Nc2ccc(-c3csc(Nc4ccc(F)cc4)n3)cc2)c(OC)c1. The molecule has 0 atom stereocenters. The van der Waals surface area contributed by atoms with Crippen LogP contribution in [0.4, 0.5) is 20.9 Å². The van der Waals surface area contributed by atoms with Crippen LogP contribution in [0.25, 0.3) is 11.3 Å². The number of hydrogen-bond donors (Lipinski definition) is 2. The molecule has 4 aromatic rings. The second kappa shape index (κ2) is 9.49. The first-order chi connectivity index (χ1) is 15.6. The Balaban J connectivity index is 1.44. The lowest BCUT2D eigenvalue weighted by atomic mass is 10.1. The van der Waals surface area contributed by atoms with E-state index < -0.39 is 0 Å². The molecule has 162 valence electrons. The summed E-state index contributed by atoms with van der Waals surface area (Å²) in [6.07, 6.45) is 0. The lowest BCUT2D eigenvalue weighted by Crippen LogP contribution is -2.13. The Hall–Kier alpha value is -3.91. The molecule has 1 heterocycles. The van der Waals surface area contributed by atoms with E-state index in [0.29, 0.717) is 27.9 Å². The fraction of sp³-hybridized carbons (Fsp3) is 0.0833. The van der Waals surface area contributed by atoms with Gasteiger partial charge in [-0.05, 0) is 48.5 Å². The Morgan fingerprint density at radius 1 is 0.938 bits per heavy atom. The van der Waals surface area contributed by atoms with Crippen molar-refractivity contribution in [3.8, 4) is 22.8 Å². The number of ether oxygens (including phenoxy) is 2. The van der Waals surface area contributed by atoms with Crippen molar-refractivity contribution in [2.24, 2.45) is 0 Å². The van der Waals surface area contributed by atoms with Crippen molar-refractivity contribution < 1.29 is 18.7 Å². The molecule has 0 aliphatic carbocycles. The Labute approximate surface area is 188 Å². The van der Waals surface area contributed by atoms with Gasteiger partial charge in [-0.3, -0.25) is 4.79 Å². The zero-order valence-corrected chi connectivity index (χ0v) is 18.2. The molecular weight excluding hydrogens is 429 g/mol. The third kappa shape index (κ3) is 4.87. The average Bonchev–Trinajstić information content (AvgIpc) is 3.29. The molecule has 0 aliphatic heterocycles. The van der Waals surface area contributed by atoms with Crippen LogP contribution in [-0.2, 0) is 0 Å². The lowest BCUT2D eigenvalue weighted by molar-refractivity contribution is 0.102. The quantitative estimate of drug-likeness (QED) is 0.364. The first-order valence-electron chi connectivity index (χ1n) is 9.67. The summed E-state index contributed by atoms with van der Waals surface area (Å²) in [5, 5.41) is 8.67. The van der Waals surface area contributed by atoms with E-state index in [1.54, 1.807) is 37.4 Å². The van der Waals surface area contributed by atoms with Crippen LogP contribution < -0.4 is 20.1 Å². The van der Waals surface area contributed by atoms with E-state index in [1.165, 1.54) is 30.6 Å². The minimum Gasteiger partial charge on any atom is -0.497 e.